The lowest BCUT2D eigenvalue weighted by Gasteiger charge is -2.43. The maximum Gasteiger partial charge on any atom is 0.329 e. The molecule has 6 heteroatoms. The fraction of sp³-hybridized carbons (Fsp3) is 0.381. The van der Waals surface area contributed by atoms with E-state index in [1.807, 2.05) is 0 Å². The van der Waals surface area contributed by atoms with Gasteiger partial charge in [0.25, 0.3) is 0 Å². The average Bonchev–Trinajstić information content (AvgIpc) is 2.79. The second kappa shape index (κ2) is 8.00. The van der Waals surface area contributed by atoms with Crippen LogP contribution in [0.2, 0.25) is 0 Å². The number of carbonyl (C=O) groups is 1. The molecule has 2 aliphatic rings. The van der Waals surface area contributed by atoms with Gasteiger partial charge in [-0.05, 0) is 41.3 Å². The summed E-state index contributed by atoms with van der Waals surface area (Å²) in [5, 5.41) is 8.71. The van der Waals surface area contributed by atoms with Crippen molar-refractivity contribution in [1.29, 1.82) is 0 Å². The number of halogens is 1. The first kappa shape index (κ1) is 18.5. The summed E-state index contributed by atoms with van der Waals surface area (Å²) in [5.74, 6) is -0.916. The highest BCUT2D eigenvalue weighted by Gasteiger charge is 2.33. The molecule has 2 aliphatic heterocycles. The van der Waals surface area contributed by atoms with Gasteiger partial charge < -0.3 is 14.7 Å². The van der Waals surface area contributed by atoms with E-state index in [0.717, 1.165) is 37.1 Å². The predicted molar refractivity (Wildman–Crippen MR) is 108 cm³/mol. The molecule has 2 heterocycles. The summed E-state index contributed by atoms with van der Waals surface area (Å²) in [5.41, 5.74) is 5.45. The van der Waals surface area contributed by atoms with Crippen LogP contribution in [0.25, 0.3) is 0 Å². The zero-order valence-electron chi connectivity index (χ0n) is 15.1. The second-order valence-electron chi connectivity index (χ2n) is 7.10. The third-order valence-corrected chi connectivity index (χ3v) is 5.88. The lowest BCUT2D eigenvalue weighted by molar-refractivity contribution is -0.142. The number of piperazine rings is 1. The van der Waals surface area contributed by atoms with Gasteiger partial charge in [-0.1, -0.05) is 40.2 Å². The van der Waals surface area contributed by atoms with Crippen molar-refractivity contribution >= 4 is 27.6 Å². The summed E-state index contributed by atoms with van der Waals surface area (Å²) in [7, 11) is 0. The topological polar surface area (TPSA) is 53.0 Å². The van der Waals surface area contributed by atoms with E-state index < -0.39 is 5.97 Å². The van der Waals surface area contributed by atoms with E-state index in [4.69, 9.17) is 9.84 Å². The molecule has 0 saturated carbocycles. The molecule has 0 radical (unpaired) electrons. The Morgan fingerprint density at radius 3 is 2.89 bits per heavy atom. The molecule has 0 amide bonds. The van der Waals surface area contributed by atoms with Crippen LogP contribution >= 0.6 is 15.9 Å². The van der Waals surface area contributed by atoms with E-state index in [-0.39, 0.29) is 6.61 Å². The molecule has 142 valence electrons. The normalized spacial score (nSPS) is 19.0. The molecule has 1 fully saturated rings. The molecule has 1 unspecified atom stereocenters. The van der Waals surface area contributed by atoms with E-state index in [1.54, 1.807) is 0 Å². The van der Waals surface area contributed by atoms with Crippen LogP contribution in [0.4, 0.5) is 5.69 Å². The quantitative estimate of drug-likeness (QED) is 0.737. The van der Waals surface area contributed by atoms with Crippen LogP contribution in [0.1, 0.15) is 22.7 Å². The highest BCUT2D eigenvalue weighted by molar-refractivity contribution is 9.10. The SMILES string of the molecule is O=C(O)COCCN1CCN2c3ccc(Br)cc3Cc3ccccc3C2C1. The highest BCUT2D eigenvalue weighted by Crippen LogP contribution is 2.40. The Morgan fingerprint density at radius 1 is 1.19 bits per heavy atom. The second-order valence-corrected chi connectivity index (χ2v) is 8.02. The minimum absolute atomic E-state index is 0.228. The van der Waals surface area contributed by atoms with E-state index in [9.17, 15) is 4.79 Å². The van der Waals surface area contributed by atoms with E-state index in [2.05, 4.69) is 68.2 Å². The third kappa shape index (κ3) is 4.03. The molecule has 1 N–H and O–H groups in total. The maximum absolute atomic E-state index is 10.6. The van der Waals surface area contributed by atoms with Crippen molar-refractivity contribution in [3.05, 3.63) is 63.6 Å². The molecule has 0 aliphatic carbocycles. The smallest absolute Gasteiger partial charge is 0.329 e. The van der Waals surface area contributed by atoms with Crippen LogP contribution in [0.15, 0.2) is 46.9 Å². The summed E-state index contributed by atoms with van der Waals surface area (Å²) in [6.07, 6.45) is 0.944. The number of carboxylic acids is 1. The van der Waals surface area contributed by atoms with Gasteiger partial charge in [0.1, 0.15) is 6.61 Å². The molecular weight excluding hydrogens is 408 g/mol. The fourth-order valence-corrected chi connectivity index (χ4v) is 4.56. The van der Waals surface area contributed by atoms with Crippen molar-refractivity contribution in [2.75, 3.05) is 44.3 Å². The zero-order valence-corrected chi connectivity index (χ0v) is 16.7. The van der Waals surface area contributed by atoms with Crippen LogP contribution in [-0.2, 0) is 16.0 Å². The first-order chi connectivity index (χ1) is 13.1. The molecule has 27 heavy (non-hydrogen) atoms. The summed E-state index contributed by atoms with van der Waals surface area (Å²) < 4.78 is 6.35. The number of rotatable bonds is 5. The zero-order chi connectivity index (χ0) is 18.8. The van der Waals surface area contributed by atoms with E-state index >= 15 is 0 Å². The molecule has 0 spiro atoms. The minimum atomic E-state index is -0.916. The summed E-state index contributed by atoms with van der Waals surface area (Å²) in [6.45, 7) is 3.80. The predicted octanol–water partition coefficient (Wildman–Crippen LogP) is 3.32. The van der Waals surface area contributed by atoms with E-state index in [0.29, 0.717) is 12.6 Å². The summed E-state index contributed by atoms with van der Waals surface area (Å²) in [6, 6.07) is 15.6. The number of benzene rings is 2. The van der Waals surface area contributed by atoms with Crippen LogP contribution < -0.4 is 4.90 Å². The minimum Gasteiger partial charge on any atom is -0.480 e. The van der Waals surface area contributed by atoms with Gasteiger partial charge in [0, 0.05) is 36.3 Å². The van der Waals surface area contributed by atoms with Gasteiger partial charge in [0.05, 0.1) is 12.6 Å². The molecule has 0 aromatic heterocycles. The lowest BCUT2D eigenvalue weighted by atomic mass is 9.96. The molecule has 1 saturated heterocycles. The van der Waals surface area contributed by atoms with Crippen molar-refractivity contribution in [2.24, 2.45) is 0 Å². The molecule has 1 atom stereocenters. The van der Waals surface area contributed by atoms with Gasteiger partial charge in [-0.25, -0.2) is 4.79 Å². The number of aliphatic carboxylic acids is 1. The Hall–Kier alpha value is -1.89. The largest absolute Gasteiger partial charge is 0.480 e. The Bertz CT molecular complexity index is 842. The maximum atomic E-state index is 10.6. The van der Waals surface area contributed by atoms with Gasteiger partial charge in [-0.2, -0.15) is 0 Å². The lowest BCUT2D eigenvalue weighted by Crippen LogP contribution is -2.49. The van der Waals surface area contributed by atoms with Gasteiger partial charge >= 0.3 is 5.97 Å². The van der Waals surface area contributed by atoms with Crippen LogP contribution in [-0.4, -0.2) is 55.4 Å². The summed E-state index contributed by atoms with van der Waals surface area (Å²) >= 11 is 3.62. The van der Waals surface area contributed by atoms with Gasteiger partial charge in [-0.15, -0.1) is 0 Å². The molecule has 0 bridgehead atoms. The van der Waals surface area contributed by atoms with Crippen LogP contribution in [0, 0.1) is 0 Å². The molecular formula is C21H23BrN2O3. The Labute approximate surface area is 167 Å². The summed E-state index contributed by atoms with van der Waals surface area (Å²) in [4.78, 5) is 15.5. The van der Waals surface area contributed by atoms with E-state index in [1.165, 1.54) is 22.4 Å². The van der Waals surface area contributed by atoms with Gasteiger partial charge in [-0.3, -0.25) is 4.90 Å². The molecule has 4 rings (SSSR count). The third-order valence-electron chi connectivity index (χ3n) is 5.39. The Morgan fingerprint density at radius 2 is 2.04 bits per heavy atom. The molecule has 5 nitrogen and oxygen atoms in total. The number of carboxylic acid groups (broad SMARTS) is 1. The molecule has 2 aromatic rings. The molecule has 2 aromatic carbocycles. The first-order valence-corrected chi connectivity index (χ1v) is 10.1. The van der Waals surface area contributed by atoms with Gasteiger partial charge in [0.15, 0.2) is 0 Å². The van der Waals surface area contributed by atoms with Crippen molar-refractivity contribution < 1.29 is 14.6 Å². The number of ether oxygens (including phenoxy) is 1. The van der Waals surface area contributed by atoms with Crippen molar-refractivity contribution in [1.82, 2.24) is 4.90 Å². The first-order valence-electron chi connectivity index (χ1n) is 9.26. The Balaban J connectivity index is 1.57. The number of hydrogen-bond donors (Lipinski definition) is 1. The van der Waals surface area contributed by atoms with Crippen molar-refractivity contribution in [3.8, 4) is 0 Å². The van der Waals surface area contributed by atoms with Crippen LogP contribution in [0.3, 0.4) is 0 Å². The van der Waals surface area contributed by atoms with Gasteiger partial charge in [0.2, 0.25) is 0 Å². The standard InChI is InChI=1S/C21H23BrN2O3/c22-17-5-6-19-16(12-17)11-15-3-1-2-4-18(15)20-13-23(7-8-24(19)20)9-10-27-14-21(25)26/h1-6,12,20H,7-11,13-14H2,(H,25,26). The number of hydrogen-bond acceptors (Lipinski definition) is 4. The van der Waals surface area contributed by atoms with Crippen LogP contribution in [0.5, 0.6) is 0 Å². The monoisotopic (exact) mass is 430 g/mol. The van der Waals surface area contributed by atoms with Crippen molar-refractivity contribution in [2.45, 2.75) is 12.5 Å². The fourth-order valence-electron chi connectivity index (χ4n) is 4.15. The number of anilines is 1. The van der Waals surface area contributed by atoms with Crippen molar-refractivity contribution in [3.63, 3.8) is 0 Å². The highest BCUT2D eigenvalue weighted by atomic mass is 79.9. The number of fused-ring (bicyclic) bond motifs is 5. The Kier molecular flexibility index (Phi) is 5.48. The number of nitrogens with zero attached hydrogens (tertiary/aromatic N) is 2. The average molecular weight is 431 g/mol.